The van der Waals surface area contributed by atoms with E-state index in [0.29, 0.717) is 0 Å². The van der Waals surface area contributed by atoms with Crippen molar-refractivity contribution in [3.8, 4) is 0 Å². The standard InChI is InChI=1S/C17H27FN2/c1-17(2,3)19-12-14-8-10-20(11-9-14)13-15-4-6-16(18)7-5-15/h4-7,14,19H,8-13H2,1-3H3. The van der Waals surface area contributed by atoms with Crippen LogP contribution in [0.1, 0.15) is 39.2 Å². The van der Waals surface area contributed by atoms with Gasteiger partial charge in [-0.1, -0.05) is 12.1 Å². The van der Waals surface area contributed by atoms with E-state index >= 15 is 0 Å². The summed E-state index contributed by atoms with van der Waals surface area (Å²) < 4.78 is 12.9. The number of hydrogen-bond acceptors (Lipinski definition) is 2. The molecule has 1 aliphatic rings. The summed E-state index contributed by atoms with van der Waals surface area (Å²) in [6, 6.07) is 6.88. The molecule has 1 N–H and O–H groups in total. The highest BCUT2D eigenvalue weighted by molar-refractivity contribution is 5.15. The third-order valence-electron chi connectivity index (χ3n) is 3.95. The van der Waals surface area contributed by atoms with Crippen LogP contribution in [-0.2, 0) is 6.54 Å². The molecule has 2 nitrogen and oxygen atoms in total. The highest BCUT2D eigenvalue weighted by atomic mass is 19.1. The van der Waals surface area contributed by atoms with E-state index in [4.69, 9.17) is 0 Å². The van der Waals surface area contributed by atoms with Crippen LogP contribution in [-0.4, -0.2) is 30.1 Å². The zero-order valence-corrected chi connectivity index (χ0v) is 13.0. The highest BCUT2D eigenvalue weighted by Gasteiger charge is 2.20. The lowest BCUT2D eigenvalue weighted by Crippen LogP contribution is -2.42. The number of piperidine rings is 1. The van der Waals surface area contributed by atoms with Crippen LogP contribution in [0.2, 0.25) is 0 Å². The van der Waals surface area contributed by atoms with Crippen LogP contribution in [0.25, 0.3) is 0 Å². The molecule has 0 radical (unpaired) electrons. The molecule has 1 heterocycles. The summed E-state index contributed by atoms with van der Waals surface area (Å²) >= 11 is 0. The van der Waals surface area contributed by atoms with Crippen molar-refractivity contribution in [3.05, 3.63) is 35.6 Å². The Balaban J connectivity index is 1.73. The Kier molecular flexibility index (Phi) is 5.17. The maximum atomic E-state index is 12.9. The lowest BCUT2D eigenvalue weighted by Gasteiger charge is -2.33. The quantitative estimate of drug-likeness (QED) is 0.908. The monoisotopic (exact) mass is 278 g/mol. The Morgan fingerprint density at radius 2 is 1.75 bits per heavy atom. The van der Waals surface area contributed by atoms with Crippen molar-refractivity contribution in [2.45, 2.75) is 45.7 Å². The zero-order valence-electron chi connectivity index (χ0n) is 13.0. The van der Waals surface area contributed by atoms with Gasteiger partial charge in [0, 0.05) is 12.1 Å². The molecule has 0 aromatic heterocycles. The van der Waals surface area contributed by atoms with Crippen molar-refractivity contribution in [1.29, 1.82) is 0 Å². The van der Waals surface area contributed by atoms with Gasteiger partial charge in [0.1, 0.15) is 5.82 Å². The predicted molar refractivity (Wildman–Crippen MR) is 82.2 cm³/mol. The molecule has 0 spiro atoms. The van der Waals surface area contributed by atoms with Gasteiger partial charge >= 0.3 is 0 Å². The fourth-order valence-corrected chi connectivity index (χ4v) is 2.65. The van der Waals surface area contributed by atoms with Gasteiger partial charge in [-0.25, -0.2) is 4.39 Å². The first kappa shape index (κ1) is 15.5. The Labute approximate surface area is 122 Å². The van der Waals surface area contributed by atoms with Gasteiger partial charge < -0.3 is 5.32 Å². The fraction of sp³-hybridized carbons (Fsp3) is 0.647. The van der Waals surface area contributed by atoms with Gasteiger partial charge in [-0.3, -0.25) is 4.90 Å². The van der Waals surface area contributed by atoms with E-state index in [1.54, 1.807) is 12.1 Å². The molecule has 3 heteroatoms. The molecule has 20 heavy (non-hydrogen) atoms. The van der Waals surface area contributed by atoms with Crippen molar-refractivity contribution in [2.75, 3.05) is 19.6 Å². The first-order valence-electron chi connectivity index (χ1n) is 7.64. The van der Waals surface area contributed by atoms with E-state index < -0.39 is 0 Å². The molecule has 0 saturated carbocycles. The average Bonchev–Trinajstić information content (AvgIpc) is 2.40. The Bertz CT molecular complexity index is 400. The van der Waals surface area contributed by atoms with Crippen molar-refractivity contribution in [3.63, 3.8) is 0 Å². The second-order valence-electron chi connectivity index (χ2n) is 6.98. The van der Waals surface area contributed by atoms with E-state index in [0.717, 1.165) is 32.1 Å². The summed E-state index contributed by atoms with van der Waals surface area (Å²) in [6.45, 7) is 11.0. The van der Waals surface area contributed by atoms with Crippen molar-refractivity contribution < 1.29 is 4.39 Å². The molecule has 1 fully saturated rings. The minimum absolute atomic E-state index is 0.152. The minimum atomic E-state index is -0.152. The smallest absolute Gasteiger partial charge is 0.123 e. The topological polar surface area (TPSA) is 15.3 Å². The summed E-state index contributed by atoms with van der Waals surface area (Å²) in [4.78, 5) is 2.47. The van der Waals surface area contributed by atoms with E-state index in [1.807, 2.05) is 12.1 Å². The zero-order chi connectivity index (χ0) is 14.6. The lowest BCUT2D eigenvalue weighted by molar-refractivity contribution is 0.170. The van der Waals surface area contributed by atoms with Gasteiger partial charge in [0.25, 0.3) is 0 Å². The molecule has 0 amide bonds. The van der Waals surface area contributed by atoms with E-state index in [9.17, 15) is 4.39 Å². The molecule has 0 aliphatic carbocycles. The van der Waals surface area contributed by atoms with Crippen LogP contribution >= 0.6 is 0 Å². The molecular weight excluding hydrogens is 251 g/mol. The maximum absolute atomic E-state index is 12.9. The van der Waals surface area contributed by atoms with Crippen LogP contribution in [0, 0.1) is 11.7 Å². The molecule has 112 valence electrons. The maximum Gasteiger partial charge on any atom is 0.123 e. The number of likely N-dealkylation sites (tertiary alicyclic amines) is 1. The number of benzene rings is 1. The summed E-state index contributed by atoms with van der Waals surface area (Å²) in [5.41, 5.74) is 1.42. The number of halogens is 1. The van der Waals surface area contributed by atoms with Crippen LogP contribution in [0.5, 0.6) is 0 Å². The van der Waals surface area contributed by atoms with Gasteiger partial charge in [0.2, 0.25) is 0 Å². The van der Waals surface area contributed by atoms with Gasteiger partial charge in [-0.05, 0) is 76.9 Å². The van der Waals surface area contributed by atoms with E-state index in [2.05, 4.69) is 31.0 Å². The van der Waals surface area contributed by atoms with Gasteiger partial charge in [-0.2, -0.15) is 0 Å². The van der Waals surface area contributed by atoms with Crippen molar-refractivity contribution in [2.24, 2.45) is 5.92 Å². The van der Waals surface area contributed by atoms with Gasteiger partial charge in [0.15, 0.2) is 0 Å². The van der Waals surface area contributed by atoms with Crippen LogP contribution in [0.3, 0.4) is 0 Å². The van der Waals surface area contributed by atoms with Crippen LogP contribution < -0.4 is 5.32 Å². The third kappa shape index (κ3) is 5.22. The largest absolute Gasteiger partial charge is 0.312 e. The second-order valence-corrected chi connectivity index (χ2v) is 6.98. The summed E-state index contributed by atoms with van der Waals surface area (Å²) in [6.07, 6.45) is 2.51. The SMILES string of the molecule is CC(C)(C)NCC1CCN(Cc2ccc(F)cc2)CC1. The molecular formula is C17H27FN2. The highest BCUT2D eigenvalue weighted by Crippen LogP contribution is 2.19. The van der Waals surface area contributed by atoms with E-state index in [1.165, 1.54) is 18.4 Å². The Hall–Kier alpha value is -0.930. The number of hydrogen-bond donors (Lipinski definition) is 1. The molecule has 1 aromatic carbocycles. The molecule has 2 rings (SSSR count). The summed E-state index contributed by atoms with van der Waals surface area (Å²) in [5.74, 6) is 0.638. The normalized spacial score (nSPS) is 18.4. The van der Waals surface area contributed by atoms with Crippen molar-refractivity contribution in [1.82, 2.24) is 10.2 Å². The first-order chi connectivity index (χ1) is 9.42. The fourth-order valence-electron chi connectivity index (χ4n) is 2.65. The molecule has 1 aliphatic heterocycles. The second kappa shape index (κ2) is 6.68. The Morgan fingerprint density at radius 1 is 1.15 bits per heavy atom. The Morgan fingerprint density at radius 3 is 2.30 bits per heavy atom. The van der Waals surface area contributed by atoms with Crippen LogP contribution in [0.15, 0.2) is 24.3 Å². The van der Waals surface area contributed by atoms with Crippen molar-refractivity contribution >= 4 is 0 Å². The number of nitrogens with zero attached hydrogens (tertiary/aromatic N) is 1. The third-order valence-corrected chi connectivity index (χ3v) is 3.95. The average molecular weight is 278 g/mol. The van der Waals surface area contributed by atoms with Crippen LogP contribution in [0.4, 0.5) is 4.39 Å². The first-order valence-corrected chi connectivity index (χ1v) is 7.64. The number of nitrogens with one attached hydrogen (secondary N) is 1. The summed E-state index contributed by atoms with van der Waals surface area (Å²) in [7, 11) is 0. The predicted octanol–water partition coefficient (Wildman–Crippen LogP) is 3.43. The van der Waals surface area contributed by atoms with Gasteiger partial charge in [-0.15, -0.1) is 0 Å². The van der Waals surface area contributed by atoms with Gasteiger partial charge in [0.05, 0.1) is 0 Å². The summed E-state index contributed by atoms with van der Waals surface area (Å²) in [5, 5.41) is 3.60. The minimum Gasteiger partial charge on any atom is -0.312 e. The molecule has 1 saturated heterocycles. The molecule has 0 unspecified atom stereocenters. The number of rotatable bonds is 4. The molecule has 1 aromatic rings. The molecule has 0 atom stereocenters. The molecule has 0 bridgehead atoms. The van der Waals surface area contributed by atoms with E-state index in [-0.39, 0.29) is 11.4 Å². The lowest BCUT2D eigenvalue weighted by atomic mass is 9.95.